The first kappa shape index (κ1) is 16.5. The van der Waals surface area contributed by atoms with Crippen LogP contribution in [-0.2, 0) is 0 Å². The molecule has 0 saturated carbocycles. The van der Waals surface area contributed by atoms with Gasteiger partial charge in [-0.1, -0.05) is 45.7 Å². The quantitative estimate of drug-likeness (QED) is 0.604. The number of allylic oxidation sites excluding steroid dienone is 3. The molecule has 0 aliphatic carbocycles. The highest BCUT2D eigenvalue weighted by atomic mass is 14.8. The van der Waals surface area contributed by atoms with E-state index >= 15 is 0 Å². The van der Waals surface area contributed by atoms with E-state index in [9.17, 15) is 0 Å². The third kappa shape index (κ3) is 109. The summed E-state index contributed by atoms with van der Waals surface area (Å²) in [6.07, 6.45) is 3.28. The van der Waals surface area contributed by atoms with Gasteiger partial charge in [-0.15, -0.1) is 0 Å². The van der Waals surface area contributed by atoms with Crippen LogP contribution < -0.4 is 5.32 Å². The van der Waals surface area contributed by atoms with E-state index in [1.165, 1.54) is 0 Å². The third-order valence-corrected chi connectivity index (χ3v) is 0.593. The molecule has 0 bridgehead atoms. The van der Waals surface area contributed by atoms with Crippen LogP contribution in [0.3, 0.4) is 0 Å². The van der Waals surface area contributed by atoms with Gasteiger partial charge in [-0.05, 0) is 12.6 Å². The molecule has 0 rings (SSSR count). The zero-order valence-electron chi connectivity index (χ0n) is 8.28. The summed E-state index contributed by atoms with van der Waals surface area (Å²) in [5, 5.41) is 2.83. The number of hydrogen-bond acceptors (Lipinski definition) is 1. The molecular weight excluding hydrogens is 134 g/mol. The number of hydrogen-bond donors (Lipinski definition) is 1. The van der Waals surface area contributed by atoms with Crippen LogP contribution in [0.5, 0.6) is 0 Å². The molecule has 1 heteroatoms. The predicted octanol–water partition coefficient (Wildman–Crippen LogP) is 3.12. The molecule has 0 unspecified atom stereocenters. The summed E-state index contributed by atoms with van der Waals surface area (Å²) < 4.78 is 0. The molecule has 1 nitrogen and oxygen atoms in total. The van der Waals surface area contributed by atoms with Crippen molar-refractivity contribution >= 4 is 0 Å². The van der Waals surface area contributed by atoms with E-state index < -0.39 is 0 Å². The summed E-state index contributed by atoms with van der Waals surface area (Å²) in [5.41, 5.74) is 1.00. The van der Waals surface area contributed by atoms with E-state index in [-0.39, 0.29) is 0 Å². The summed E-state index contributed by atoms with van der Waals surface area (Å²) in [6, 6.07) is 0. The van der Waals surface area contributed by atoms with Crippen molar-refractivity contribution in [3.63, 3.8) is 0 Å². The fourth-order valence-corrected chi connectivity index (χ4v) is 0. The second-order valence-electron chi connectivity index (χ2n) is 1.50. The molecule has 0 amide bonds. The van der Waals surface area contributed by atoms with Crippen LogP contribution in [-0.4, -0.2) is 7.05 Å². The summed E-state index contributed by atoms with van der Waals surface area (Å²) in [5.74, 6) is 0. The second kappa shape index (κ2) is 23.0. The normalized spacial score (nSPS) is 5.45. The van der Waals surface area contributed by atoms with Crippen molar-refractivity contribution in [1.82, 2.24) is 5.32 Å². The lowest BCUT2D eigenvalue weighted by molar-refractivity contribution is 0.999. The summed E-state index contributed by atoms with van der Waals surface area (Å²) >= 11 is 0. The first-order valence-corrected chi connectivity index (χ1v) is 3.75. The zero-order valence-corrected chi connectivity index (χ0v) is 8.28. The Labute approximate surface area is 71.5 Å². The van der Waals surface area contributed by atoms with Crippen molar-refractivity contribution in [2.75, 3.05) is 7.05 Å². The van der Waals surface area contributed by atoms with E-state index in [0.717, 1.165) is 5.70 Å². The Balaban J connectivity index is -0.0000000965. The molecule has 0 aliphatic heterocycles. The first-order chi connectivity index (χ1) is 5.18. The smallest absolute Gasteiger partial charge is 0.00299 e. The molecule has 66 valence electrons. The number of nitrogens with one attached hydrogen (secondary N) is 1. The Morgan fingerprint density at radius 3 is 1.36 bits per heavy atom. The molecule has 0 radical (unpaired) electrons. The lowest BCUT2D eigenvalue weighted by Gasteiger charge is -1.87. The molecule has 1 N–H and O–H groups in total. The van der Waals surface area contributed by atoms with Crippen molar-refractivity contribution in [3.05, 3.63) is 37.6 Å². The van der Waals surface area contributed by atoms with Gasteiger partial charge >= 0.3 is 0 Å². The van der Waals surface area contributed by atoms with Gasteiger partial charge in [0.1, 0.15) is 0 Å². The van der Waals surface area contributed by atoms with Gasteiger partial charge < -0.3 is 5.32 Å². The Bertz CT molecular complexity index is 87.0. The molecule has 0 atom stereocenters. The molecule has 0 fully saturated rings. The monoisotopic (exact) mass is 155 g/mol. The summed E-state index contributed by atoms with van der Waals surface area (Å²) in [7, 11) is 1.85. The van der Waals surface area contributed by atoms with Crippen LogP contribution in [0.25, 0.3) is 0 Å². The molecule has 0 spiro atoms. The van der Waals surface area contributed by atoms with Crippen LogP contribution in [0.2, 0.25) is 0 Å². The van der Waals surface area contributed by atoms with Crippen molar-refractivity contribution < 1.29 is 0 Å². The van der Waals surface area contributed by atoms with Crippen LogP contribution in [0, 0.1) is 0 Å². The fraction of sp³-hybridized carbons (Fsp3) is 0.400. The van der Waals surface area contributed by atoms with E-state index in [0.29, 0.717) is 0 Å². The minimum absolute atomic E-state index is 1.00. The van der Waals surface area contributed by atoms with Gasteiger partial charge in [-0.3, -0.25) is 0 Å². The third-order valence-electron chi connectivity index (χ3n) is 0.593. The van der Waals surface area contributed by atoms with Crippen molar-refractivity contribution in [1.29, 1.82) is 0 Å². The Kier molecular flexibility index (Phi) is 34.6. The van der Waals surface area contributed by atoms with E-state index in [2.05, 4.69) is 25.1 Å². The topological polar surface area (TPSA) is 12.0 Å². The van der Waals surface area contributed by atoms with Crippen LogP contribution in [0.15, 0.2) is 37.6 Å². The Hall–Kier alpha value is -0.980. The van der Waals surface area contributed by atoms with Gasteiger partial charge in [-0.25, -0.2) is 0 Å². The minimum atomic E-state index is 1.00. The molecule has 0 aromatic carbocycles. The molecule has 0 aliphatic rings. The summed E-state index contributed by atoms with van der Waals surface area (Å²) in [6.45, 7) is 16.2. The zero-order chi connectivity index (χ0) is 9.70. The molecule has 0 heterocycles. The van der Waals surface area contributed by atoms with Gasteiger partial charge in [0.2, 0.25) is 0 Å². The highest BCUT2D eigenvalue weighted by Crippen LogP contribution is 1.68. The lowest BCUT2D eigenvalue weighted by Crippen LogP contribution is -1.98. The standard InChI is InChI=1S/C4H9N.C4H6.C2H6/c1-4(2)5-3;1-3-4-2;1-2/h5H,1H2,2-3H3;3-4H,1-2H2;1-2H3. The van der Waals surface area contributed by atoms with Gasteiger partial charge in [0.15, 0.2) is 0 Å². The van der Waals surface area contributed by atoms with Gasteiger partial charge in [0.25, 0.3) is 0 Å². The highest BCUT2D eigenvalue weighted by molar-refractivity contribution is 4.88. The highest BCUT2D eigenvalue weighted by Gasteiger charge is 1.62. The van der Waals surface area contributed by atoms with Crippen molar-refractivity contribution in [3.8, 4) is 0 Å². The summed E-state index contributed by atoms with van der Waals surface area (Å²) in [4.78, 5) is 0. The Morgan fingerprint density at radius 1 is 1.18 bits per heavy atom. The van der Waals surface area contributed by atoms with Gasteiger partial charge in [-0.2, -0.15) is 0 Å². The average molecular weight is 155 g/mol. The molecule has 0 saturated heterocycles. The maximum absolute atomic E-state index is 3.56. The fourth-order valence-electron chi connectivity index (χ4n) is 0. The van der Waals surface area contributed by atoms with E-state index in [4.69, 9.17) is 0 Å². The second-order valence-corrected chi connectivity index (χ2v) is 1.50. The SMILES string of the molecule is C=C(C)NC.C=CC=C.CC. The minimum Gasteiger partial charge on any atom is -0.392 e. The van der Waals surface area contributed by atoms with Crippen molar-refractivity contribution in [2.24, 2.45) is 0 Å². The van der Waals surface area contributed by atoms with E-state index in [1.54, 1.807) is 12.2 Å². The van der Waals surface area contributed by atoms with Crippen molar-refractivity contribution in [2.45, 2.75) is 20.8 Å². The average Bonchev–Trinajstić information content (AvgIpc) is 2.08. The maximum Gasteiger partial charge on any atom is 0.00299 e. The van der Waals surface area contributed by atoms with Crippen LogP contribution in [0.1, 0.15) is 20.8 Å². The Morgan fingerprint density at radius 2 is 1.36 bits per heavy atom. The van der Waals surface area contributed by atoms with Crippen LogP contribution in [0.4, 0.5) is 0 Å². The molecular formula is C10H21N. The van der Waals surface area contributed by atoms with Crippen LogP contribution >= 0.6 is 0 Å². The molecule has 0 aromatic heterocycles. The largest absolute Gasteiger partial charge is 0.392 e. The van der Waals surface area contributed by atoms with Gasteiger partial charge in [0.05, 0.1) is 0 Å². The predicted molar refractivity (Wildman–Crippen MR) is 55.6 cm³/mol. The molecule has 0 aromatic rings. The van der Waals surface area contributed by atoms with E-state index in [1.807, 2.05) is 27.8 Å². The maximum atomic E-state index is 3.56. The molecule has 11 heavy (non-hydrogen) atoms. The number of rotatable bonds is 2. The lowest BCUT2D eigenvalue weighted by atomic mass is 10.6. The first-order valence-electron chi connectivity index (χ1n) is 3.75. The van der Waals surface area contributed by atoms with Gasteiger partial charge in [0, 0.05) is 7.05 Å².